The molecule has 108 valence electrons. The number of nitrogens with one attached hydrogen (secondary N) is 2. The van der Waals surface area contributed by atoms with Crippen LogP contribution in [-0.4, -0.2) is 30.1 Å². The van der Waals surface area contributed by atoms with Crippen molar-refractivity contribution in [1.82, 2.24) is 19.9 Å². The first-order valence-electron chi connectivity index (χ1n) is 5.88. The summed E-state index contributed by atoms with van der Waals surface area (Å²) >= 11 is 5.89. The maximum Gasteiger partial charge on any atom is 0.242 e. The summed E-state index contributed by atoms with van der Waals surface area (Å²) in [6.45, 7) is 0.281. The van der Waals surface area contributed by atoms with E-state index in [9.17, 15) is 8.42 Å². The van der Waals surface area contributed by atoms with Gasteiger partial charge in [0.1, 0.15) is 17.0 Å². The van der Waals surface area contributed by atoms with E-state index in [0.29, 0.717) is 18.5 Å². The molecule has 2 rings (SSSR count). The van der Waals surface area contributed by atoms with Crippen molar-refractivity contribution in [3.05, 3.63) is 35.4 Å². The van der Waals surface area contributed by atoms with Crippen LogP contribution in [0.5, 0.6) is 0 Å². The highest BCUT2D eigenvalue weighted by Crippen LogP contribution is 2.23. The lowest BCUT2D eigenvalue weighted by Gasteiger charge is -2.08. The molecule has 0 radical (unpaired) electrons. The van der Waals surface area contributed by atoms with Gasteiger partial charge in [-0.15, -0.1) is 0 Å². The maximum absolute atomic E-state index is 12.1. The van der Waals surface area contributed by atoms with E-state index in [0.717, 1.165) is 5.82 Å². The van der Waals surface area contributed by atoms with Gasteiger partial charge >= 0.3 is 0 Å². The van der Waals surface area contributed by atoms with E-state index in [2.05, 4.69) is 19.9 Å². The fourth-order valence-electron chi connectivity index (χ4n) is 1.63. The summed E-state index contributed by atoms with van der Waals surface area (Å²) in [5, 5.41) is 6.53. The molecule has 7 nitrogen and oxygen atoms in total. The number of aryl methyl sites for hydroxylation is 1. The number of H-pyrrole nitrogens is 1. The van der Waals surface area contributed by atoms with Crippen molar-refractivity contribution in [2.24, 2.45) is 0 Å². The summed E-state index contributed by atoms with van der Waals surface area (Å²) in [6, 6.07) is 4.29. The van der Waals surface area contributed by atoms with Crippen molar-refractivity contribution >= 4 is 27.3 Å². The predicted molar refractivity (Wildman–Crippen MR) is 75.8 cm³/mol. The van der Waals surface area contributed by atoms with Gasteiger partial charge in [0.05, 0.1) is 5.02 Å². The van der Waals surface area contributed by atoms with Crippen molar-refractivity contribution in [3.8, 4) is 0 Å². The Bertz CT molecular complexity index is 672. The summed E-state index contributed by atoms with van der Waals surface area (Å²) in [5.41, 5.74) is 5.95. The lowest BCUT2D eigenvalue weighted by atomic mass is 10.3. The minimum atomic E-state index is -3.63. The Hall–Kier alpha value is -1.64. The van der Waals surface area contributed by atoms with Crippen molar-refractivity contribution in [1.29, 1.82) is 0 Å². The lowest BCUT2D eigenvalue weighted by molar-refractivity contribution is 0.578. The summed E-state index contributed by atoms with van der Waals surface area (Å²) < 4.78 is 26.6. The van der Waals surface area contributed by atoms with Crippen LogP contribution in [0.1, 0.15) is 12.2 Å². The van der Waals surface area contributed by atoms with Gasteiger partial charge in [-0.3, -0.25) is 5.10 Å². The number of aromatic amines is 1. The zero-order valence-electron chi connectivity index (χ0n) is 10.5. The Labute approximate surface area is 121 Å². The molecule has 20 heavy (non-hydrogen) atoms. The fourth-order valence-corrected chi connectivity index (χ4v) is 3.25. The maximum atomic E-state index is 12.1. The third-order valence-corrected chi connectivity index (χ3v) is 4.54. The van der Waals surface area contributed by atoms with Gasteiger partial charge in [0.15, 0.2) is 0 Å². The number of nitrogens with two attached hydrogens (primary N) is 1. The van der Waals surface area contributed by atoms with Crippen LogP contribution in [0.15, 0.2) is 29.4 Å². The average molecular weight is 316 g/mol. The van der Waals surface area contributed by atoms with Crippen LogP contribution in [0.25, 0.3) is 0 Å². The molecule has 0 spiro atoms. The van der Waals surface area contributed by atoms with Crippen molar-refractivity contribution in [3.63, 3.8) is 0 Å². The van der Waals surface area contributed by atoms with Gasteiger partial charge in [0.25, 0.3) is 0 Å². The Balaban J connectivity index is 1.93. The zero-order chi connectivity index (χ0) is 14.6. The molecule has 0 unspecified atom stereocenters. The fraction of sp³-hybridized carbons (Fsp3) is 0.273. The SMILES string of the molecule is Nc1ccc(S(=O)(=O)NCCCc2ncn[nH]2)c(Cl)c1. The molecule has 0 atom stereocenters. The predicted octanol–water partition coefficient (Wildman–Crippen LogP) is 0.951. The monoisotopic (exact) mass is 315 g/mol. The van der Waals surface area contributed by atoms with Gasteiger partial charge in [-0.1, -0.05) is 11.6 Å². The summed E-state index contributed by atoms with van der Waals surface area (Å²) in [4.78, 5) is 3.97. The molecule has 1 heterocycles. The second kappa shape index (κ2) is 6.21. The Morgan fingerprint density at radius 3 is 2.85 bits per heavy atom. The van der Waals surface area contributed by atoms with E-state index in [1.165, 1.54) is 24.5 Å². The first-order chi connectivity index (χ1) is 9.49. The molecule has 0 fully saturated rings. The van der Waals surface area contributed by atoms with Gasteiger partial charge in [0, 0.05) is 18.7 Å². The largest absolute Gasteiger partial charge is 0.399 e. The number of hydrogen-bond acceptors (Lipinski definition) is 5. The molecule has 0 saturated heterocycles. The third-order valence-electron chi connectivity index (χ3n) is 2.59. The van der Waals surface area contributed by atoms with Gasteiger partial charge < -0.3 is 5.73 Å². The van der Waals surface area contributed by atoms with Gasteiger partial charge in [-0.25, -0.2) is 18.1 Å². The Kier molecular flexibility index (Phi) is 4.58. The van der Waals surface area contributed by atoms with Crippen LogP contribution in [-0.2, 0) is 16.4 Å². The molecular weight excluding hydrogens is 302 g/mol. The number of benzene rings is 1. The van der Waals surface area contributed by atoms with Crippen LogP contribution >= 0.6 is 11.6 Å². The number of anilines is 1. The quantitative estimate of drug-likeness (QED) is 0.542. The third kappa shape index (κ3) is 3.69. The molecule has 0 aliphatic rings. The number of sulfonamides is 1. The van der Waals surface area contributed by atoms with Crippen LogP contribution in [0.2, 0.25) is 5.02 Å². The average Bonchev–Trinajstić information content (AvgIpc) is 2.87. The molecule has 1 aromatic carbocycles. The molecule has 4 N–H and O–H groups in total. The molecule has 9 heteroatoms. The second-order valence-electron chi connectivity index (χ2n) is 4.12. The zero-order valence-corrected chi connectivity index (χ0v) is 12.1. The highest BCUT2D eigenvalue weighted by molar-refractivity contribution is 7.89. The lowest BCUT2D eigenvalue weighted by Crippen LogP contribution is -2.25. The normalized spacial score (nSPS) is 11.7. The van der Waals surface area contributed by atoms with E-state index in [1.54, 1.807) is 0 Å². The van der Waals surface area contributed by atoms with E-state index in [4.69, 9.17) is 17.3 Å². The van der Waals surface area contributed by atoms with Crippen LogP contribution in [0.3, 0.4) is 0 Å². The van der Waals surface area contributed by atoms with E-state index in [-0.39, 0.29) is 16.5 Å². The number of aromatic nitrogens is 3. The molecule has 2 aromatic rings. The molecule has 0 bridgehead atoms. The number of halogens is 1. The first kappa shape index (κ1) is 14.8. The minimum absolute atomic E-state index is 0.0213. The molecule has 1 aromatic heterocycles. The number of nitrogen functional groups attached to an aromatic ring is 1. The smallest absolute Gasteiger partial charge is 0.242 e. The summed E-state index contributed by atoms with van der Waals surface area (Å²) in [5.74, 6) is 0.717. The molecular formula is C11H14ClN5O2S. The topological polar surface area (TPSA) is 114 Å². The van der Waals surface area contributed by atoms with Gasteiger partial charge in [-0.05, 0) is 24.6 Å². The second-order valence-corrected chi connectivity index (χ2v) is 6.27. The standard InChI is InChI=1S/C11H14ClN5O2S/c12-9-6-8(13)3-4-10(9)20(18,19)16-5-1-2-11-14-7-15-17-11/h3-4,6-7,16H,1-2,5,13H2,(H,14,15,17). The molecule has 0 amide bonds. The summed E-state index contributed by atoms with van der Waals surface area (Å²) in [6.07, 6.45) is 2.62. The van der Waals surface area contributed by atoms with Crippen LogP contribution in [0, 0.1) is 0 Å². The van der Waals surface area contributed by atoms with E-state index in [1.807, 2.05) is 0 Å². The van der Waals surface area contributed by atoms with E-state index >= 15 is 0 Å². The Morgan fingerprint density at radius 1 is 1.40 bits per heavy atom. The minimum Gasteiger partial charge on any atom is -0.399 e. The molecule has 0 aliphatic carbocycles. The summed E-state index contributed by atoms with van der Waals surface area (Å²) in [7, 11) is -3.63. The highest BCUT2D eigenvalue weighted by Gasteiger charge is 2.17. The first-order valence-corrected chi connectivity index (χ1v) is 7.74. The van der Waals surface area contributed by atoms with Crippen molar-refractivity contribution in [2.75, 3.05) is 12.3 Å². The molecule has 0 saturated carbocycles. The number of nitrogens with zero attached hydrogens (tertiary/aromatic N) is 2. The highest BCUT2D eigenvalue weighted by atomic mass is 35.5. The van der Waals surface area contributed by atoms with Gasteiger partial charge in [0.2, 0.25) is 10.0 Å². The molecule has 0 aliphatic heterocycles. The number of rotatable bonds is 6. The van der Waals surface area contributed by atoms with Crippen LogP contribution in [0.4, 0.5) is 5.69 Å². The van der Waals surface area contributed by atoms with Crippen molar-refractivity contribution < 1.29 is 8.42 Å². The van der Waals surface area contributed by atoms with Gasteiger partial charge in [-0.2, -0.15) is 5.10 Å². The number of hydrogen-bond donors (Lipinski definition) is 3. The Morgan fingerprint density at radius 2 is 2.20 bits per heavy atom. The van der Waals surface area contributed by atoms with E-state index < -0.39 is 10.0 Å². The van der Waals surface area contributed by atoms with Crippen molar-refractivity contribution in [2.45, 2.75) is 17.7 Å². The van der Waals surface area contributed by atoms with Crippen LogP contribution < -0.4 is 10.5 Å².